The third-order valence-electron chi connectivity index (χ3n) is 2.11. The number of terminal acetylenes is 1. The van der Waals surface area contributed by atoms with E-state index in [4.69, 9.17) is 11.5 Å². The fraction of sp³-hybridized carbons (Fsp3) is 0.333. The molecule has 5 heteroatoms. The largest absolute Gasteiger partial charge is 0.478 e. The van der Waals surface area contributed by atoms with E-state index in [-0.39, 0.29) is 17.9 Å². The van der Waals surface area contributed by atoms with Crippen molar-refractivity contribution in [1.82, 2.24) is 0 Å². The van der Waals surface area contributed by atoms with Crippen molar-refractivity contribution in [3.05, 3.63) is 16.5 Å². The Morgan fingerprint density at radius 3 is 2.82 bits per heavy atom. The summed E-state index contributed by atoms with van der Waals surface area (Å²) in [6.45, 7) is 1.93. The Balaban J connectivity index is 2.82. The van der Waals surface area contributed by atoms with Gasteiger partial charge >= 0.3 is 5.97 Å². The molecule has 0 radical (unpaired) electrons. The van der Waals surface area contributed by atoms with Gasteiger partial charge in [-0.25, -0.2) is 4.79 Å². The van der Waals surface area contributed by atoms with E-state index in [2.05, 4.69) is 11.2 Å². The van der Waals surface area contributed by atoms with E-state index in [1.165, 1.54) is 11.3 Å². The van der Waals surface area contributed by atoms with Crippen molar-refractivity contribution in [3.63, 3.8) is 0 Å². The van der Waals surface area contributed by atoms with Crippen LogP contribution in [0.1, 0.15) is 35.0 Å². The number of carboxylic acid groups (broad SMARTS) is 1. The first kappa shape index (κ1) is 13.3. The number of amides is 1. The highest BCUT2D eigenvalue weighted by molar-refractivity contribution is 7.16. The maximum absolute atomic E-state index is 11.5. The van der Waals surface area contributed by atoms with Gasteiger partial charge in [0, 0.05) is 17.7 Å². The summed E-state index contributed by atoms with van der Waals surface area (Å²) >= 11 is 1.29. The van der Waals surface area contributed by atoms with E-state index in [0.717, 1.165) is 11.3 Å². The molecule has 0 saturated carbocycles. The van der Waals surface area contributed by atoms with Crippen molar-refractivity contribution in [1.29, 1.82) is 0 Å². The van der Waals surface area contributed by atoms with E-state index >= 15 is 0 Å². The summed E-state index contributed by atoms with van der Waals surface area (Å²) < 4.78 is 0. The van der Waals surface area contributed by atoms with Gasteiger partial charge in [-0.2, -0.15) is 0 Å². The Labute approximate surface area is 104 Å². The lowest BCUT2D eigenvalue weighted by atomic mass is 10.2. The summed E-state index contributed by atoms with van der Waals surface area (Å²) in [7, 11) is 0. The van der Waals surface area contributed by atoms with Crippen LogP contribution in [0.15, 0.2) is 6.07 Å². The van der Waals surface area contributed by atoms with Crippen molar-refractivity contribution in [2.24, 2.45) is 0 Å². The van der Waals surface area contributed by atoms with Gasteiger partial charge < -0.3 is 10.4 Å². The van der Waals surface area contributed by atoms with Crippen molar-refractivity contribution < 1.29 is 14.7 Å². The molecule has 0 fully saturated rings. The molecule has 1 heterocycles. The van der Waals surface area contributed by atoms with Gasteiger partial charge in [-0.15, -0.1) is 23.7 Å². The molecular formula is C12H13NO3S. The molecule has 0 aliphatic carbocycles. The number of carboxylic acids is 1. The summed E-state index contributed by atoms with van der Waals surface area (Å²) in [5.74, 6) is 1.08. The number of thiophene rings is 1. The molecule has 90 valence electrons. The number of nitrogens with one attached hydrogen (secondary N) is 1. The minimum absolute atomic E-state index is 0.140. The zero-order chi connectivity index (χ0) is 12.8. The first-order valence-electron chi connectivity index (χ1n) is 5.17. The maximum Gasteiger partial charge on any atom is 0.338 e. The summed E-state index contributed by atoms with van der Waals surface area (Å²) in [5.41, 5.74) is 0.140. The Hall–Kier alpha value is -1.80. The van der Waals surface area contributed by atoms with Crippen LogP contribution < -0.4 is 5.32 Å². The minimum Gasteiger partial charge on any atom is -0.478 e. The Morgan fingerprint density at radius 1 is 1.59 bits per heavy atom. The van der Waals surface area contributed by atoms with Gasteiger partial charge in [0.1, 0.15) is 5.00 Å². The predicted molar refractivity (Wildman–Crippen MR) is 67.4 cm³/mol. The molecule has 0 aliphatic heterocycles. The molecule has 0 aromatic carbocycles. The summed E-state index contributed by atoms with van der Waals surface area (Å²) in [6.07, 6.45) is 6.34. The molecule has 0 bridgehead atoms. The quantitative estimate of drug-likeness (QED) is 0.789. The first-order chi connectivity index (χ1) is 8.08. The van der Waals surface area contributed by atoms with E-state index < -0.39 is 5.97 Å². The lowest BCUT2D eigenvalue weighted by Gasteiger charge is -2.01. The zero-order valence-electron chi connectivity index (χ0n) is 9.45. The van der Waals surface area contributed by atoms with Crippen LogP contribution in [0.3, 0.4) is 0 Å². The highest BCUT2D eigenvalue weighted by Crippen LogP contribution is 2.28. The standard InChI is InChI=1S/C12H13NO3S/c1-3-5-6-10(14)13-11-9(12(15)16)7-8(4-2)17-11/h1,7H,4-6H2,2H3,(H,13,14)(H,15,16). The lowest BCUT2D eigenvalue weighted by molar-refractivity contribution is -0.116. The second-order valence-corrected chi connectivity index (χ2v) is 4.50. The maximum atomic E-state index is 11.5. The molecular weight excluding hydrogens is 238 g/mol. The topological polar surface area (TPSA) is 66.4 Å². The molecule has 1 rings (SSSR count). The smallest absolute Gasteiger partial charge is 0.338 e. The van der Waals surface area contributed by atoms with Gasteiger partial charge in [0.05, 0.1) is 5.56 Å². The minimum atomic E-state index is -1.03. The average molecular weight is 251 g/mol. The average Bonchev–Trinajstić information content (AvgIpc) is 2.69. The van der Waals surface area contributed by atoms with Gasteiger partial charge in [-0.3, -0.25) is 4.79 Å². The number of hydrogen-bond donors (Lipinski definition) is 2. The Kier molecular flexibility index (Phi) is 4.73. The van der Waals surface area contributed by atoms with Gasteiger partial charge in [0.15, 0.2) is 0 Å². The van der Waals surface area contributed by atoms with Crippen LogP contribution in [0.4, 0.5) is 5.00 Å². The SMILES string of the molecule is C#CCCC(=O)Nc1sc(CC)cc1C(=O)O. The van der Waals surface area contributed by atoms with Crippen molar-refractivity contribution in [3.8, 4) is 12.3 Å². The number of carbonyl (C=O) groups excluding carboxylic acids is 1. The zero-order valence-corrected chi connectivity index (χ0v) is 10.3. The number of rotatable bonds is 5. The van der Waals surface area contributed by atoms with Crippen LogP contribution in [0.25, 0.3) is 0 Å². The van der Waals surface area contributed by atoms with E-state index in [9.17, 15) is 9.59 Å². The number of hydrogen-bond acceptors (Lipinski definition) is 3. The molecule has 17 heavy (non-hydrogen) atoms. The van der Waals surface area contributed by atoms with Crippen LogP contribution in [0.5, 0.6) is 0 Å². The summed E-state index contributed by atoms with van der Waals surface area (Å²) in [4.78, 5) is 23.3. The van der Waals surface area contributed by atoms with Crippen LogP contribution >= 0.6 is 11.3 Å². The molecule has 1 aromatic heterocycles. The number of aromatic carboxylic acids is 1. The van der Waals surface area contributed by atoms with Crippen LogP contribution in [0, 0.1) is 12.3 Å². The van der Waals surface area contributed by atoms with Crippen molar-refractivity contribution >= 4 is 28.2 Å². The van der Waals surface area contributed by atoms with E-state index in [1.807, 2.05) is 6.92 Å². The molecule has 0 unspecified atom stereocenters. The molecule has 4 nitrogen and oxygen atoms in total. The van der Waals surface area contributed by atoms with E-state index in [0.29, 0.717) is 11.4 Å². The summed E-state index contributed by atoms with van der Waals surface area (Å²) in [6, 6.07) is 1.59. The lowest BCUT2D eigenvalue weighted by Crippen LogP contribution is -2.12. The second-order valence-electron chi connectivity index (χ2n) is 3.37. The third-order valence-corrected chi connectivity index (χ3v) is 3.31. The first-order valence-corrected chi connectivity index (χ1v) is 5.99. The second kappa shape index (κ2) is 6.06. The molecule has 0 spiro atoms. The predicted octanol–water partition coefficient (Wildman–Crippen LogP) is 2.36. The van der Waals surface area contributed by atoms with Crippen molar-refractivity contribution in [2.45, 2.75) is 26.2 Å². The molecule has 2 N–H and O–H groups in total. The number of aryl methyl sites for hydroxylation is 1. The molecule has 1 amide bonds. The van der Waals surface area contributed by atoms with Crippen LogP contribution in [0.2, 0.25) is 0 Å². The fourth-order valence-corrected chi connectivity index (χ4v) is 2.25. The third kappa shape index (κ3) is 3.61. The molecule has 0 aliphatic rings. The highest BCUT2D eigenvalue weighted by atomic mass is 32.1. The van der Waals surface area contributed by atoms with E-state index in [1.54, 1.807) is 6.07 Å². The number of anilines is 1. The van der Waals surface area contributed by atoms with Crippen molar-refractivity contribution in [2.75, 3.05) is 5.32 Å². The highest BCUT2D eigenvalue weighted by Gasteiger charge is 2.16. The van der Waals surface area contributed by atoms with Crippen LogP contribution in [-0.4, -0.2) is 17.0 Å². The van der Waals surface area contributed by atoms with Crippen LogP contribution in [-0.2, 0) is 11.2 Å². The fourth-order valence-electron chi connectivity index (χ4n) is 1.24. The Morgan fingerprint density at radius 2 is 2.29 bits per heavy atom. The van der Waals surface area contributed by atoms with Gasteiger partial charge in [0.25, 0.3) is 0 Å². The van der Waals surface area contributed by atoms with Gasteiger partial charge in [0.2, 0.25) is 5.91 Å². The van der Waals surface area contributed by atoms with Gasteiger partial charge in [-0.1, -0.05) is 6.92 Å². The molecule has 0 saturated heterocycles. The normalized spacial score (nSPS) is 9.65. The Bertz CT molecular complexity index is 471. The van der Waals surface area contributed by atoms with Gasteiger partial charge in [-0.05, 0) is 12.5 Å². The monoisotopic (exact) mass is 251 g/mol. The summed E-state index contributed by atoms with van der Waals surface area (Å²) in [5, 5.41) is 12.0. The molecule has 0 atom stereocenters. The number of carbonyl (C=O) groups is 2. The molecule has 1 aromatic rings.